The molecule has 2 aliphatic heterocycles. The van der Waals surface area contributed by atoms with Crippen molar-refractivity contribution < 1.29 is 18.7 Å². The van der Waals surface area contributed by atoms with Gasteiger partial charge in [0.15, 0.2) is 11.5 Å². The Morgan fingerprint density at radius 2 is 1.93 bits per heavy atom. The molecule has 5 rings (SSSR count). The van der Waals surface area contributed by atoms with Crippen molar-refractivity contribution in [2.45, 2.75) is 56.9 Å². The van der Waals surface area contributed by atoms with Crippen molar-refractivity contribution in [3.05, 3.63) is 47.4 Å². The number of carbonyl (C=O) groups is 1. The highest BCUT2D eigenvalue weighted by molar-refractivity contribution is 5.78. The van der Waals surface area contributed by atoms with Crippen LogP contribution in [0.4, 0.5) is 0 Å². The Morgan fingerprint density at radius 1 is 1.18 bits per heavy atom. The normalized spacial score (nSPS) is 22.3. The predicted octanol–water partition coefficient (Wildman–Crippen LogP) is 4.40. The van der Waals surface area contributed by atoms with E-state index in [1.54, 1.807) is 6.26 Å². The molecular formula is C23H27NO4. The number of furan rings is 1. The Morgan fingerprint density at radius 3 is 2.64 bits per heavy atom. The molecule has 2 aromatic rings. The molecule has 5 heteroatoms. The summed E-state index contributed by atoms with van der Waals surface area (Å²) in [6, 6.07) is 8.18. The minimum Gasteiger partial charge on any atom is -0.486 e. The zero-order valence-corrected chi connectivity index (χ0v) is 16.4. The molecule has 3 aliphatic rings. The number of benzene rings is 1. The van der Waals surface area contributed by atoms with Gasteiger partial charge in [0, 0.05) is 24.8 Å². The maximum atomic E-state index is 13.2. The van der Waals surface area contributed by atoms with E-state index in [-0.39, 0.29) is 17.4 Å². The molecule has 0 radical (unpaired) electrons. The third-order valence-corrected chi connectivity index (χ3v) is 6.72. The van der Waals surface area contributed by atoms with Crippen LogP contribution in [0.3, 0.4) is 0 Å². The van der Waals surface area contributed by atoms with E-state index in [0.717, 1.165) is 36.6 Å². The van der Waals surface area contributed by atoms with E-state index in [0.29, 0.717) is 26.1 Å². The van der Waals surface area contributed by atoms with Crippen LogP contribution in [-0.2, 0) is 16.6 Å². The molecule has 28 heavy (non-hydrogen) atoms. The molecule has 0 saturated heterocycles. The topological polar surface area (TPSA) is 51.9 Å². The summed E-state index contributed by atoms with van der Waals surface area (Å²) in [7, 11) is 0. The van der Waals surface area contributed by atoms with Crippen LogP contribution in [-0.4, -0.2) is 30.6 Å². The van der Waals surface area contributed by atoms with Gasteiger partial charge in [-0.25, -0.2) is 0 Å². The summed E-state index contributed by atoms with van der Waals surface area (Å²) >= 11 is 0. The van der Waals surface area contributed by atoms with Crippen molar-refractivity contribution >= 4 is 5.91 Å². The van der Waals surface area contributed by atoms with Crippen molar-refractivity contribution in [2.75, 3.05) is 19.8 Å². The molecule has 0 bridgehead atoms. The van der Waals surface area contributed by atoms with Gasteiger partial charge in [0.1, 0.15) is 19.0 Å². The molecule has 1 fully saturated rings. The molecule has 1 aliphatic carbocycles. The number of nitrogens with zero attached hydrogens (tertiary/aromatic N) is 1. The van der Waals surface area contributed by atoms with E-state index in [9.17, 15) is 4.79 Å². The number of rotatable bonds is 3. The lowest BCUT2D eigenvalue weighted by molar-refractivity contribution is -0.135. The van der Waals surface area contributed by atoms with E-state index in [4.69, 9.17) is 13.9 Å². The van der Waals surface area contributed by atoms with Gasteiger partial charge in [-0.2, -0.15) is 0 Å². The molecule has 1 amide bonds. The summed E-state index contributed by atoms with van der Waals surface area (Å²) in [6.07, 6.45) is 7.50. The second-order valence-electron chi connectivity index (χ2n) is 8.35. The van der Waals surface area contributed by atoms with Crippen molar-refractivity contribution in [1.29, 1.82) is 0 Å². The first-order valence-electron chi connectivity index (χ1n) is 10.4. The van der Waals surface area contributed by atoms with Gasteiger partial charge in [-0.3, -0.25) is 4.79 Å². The third-order valence-electron chi connectivity index (χ3n) is 6.72. The lowest BCUT2D eigenvalue weighted by atomic mass is 9.71. The Bertz CT molecular complexity index is 867. The summed E-state index contributed by atoms with van der Waals surface area (Å²) in [5.41, 5.74) is 2.65. The average Bonchev–Trinajstić information content (AvgIpc) is 3.41. The standard InChI is InChI=1S/C23H27NO4/c1-16-18-13-20-21(28-12-11-27-20)14-19(18)23(8-2-3-9-23)15-24(16)22(25)7-6-17-5-4-10-26-17/h4-5,10,13-14,16H,2-3,6-9,11-12,15H2,1H3. The Kier molecular flexibility index (Phi) is 4.33. The number of carbonyl (C=O) groups excluding carboxylic acids is 1. The van der Waals surface area contributed by atoms with Crippen LogP contribution >= 0.6 is 0 Å². The second-order valence-corrected chi connectivity index (χ2v) is 8.35. The van der Waals surface area contributed by atoms with Crippen LogP contribution in [0, 0.1) is 0 Å². The summed E-state index contributed by atoms with van der Waals surface area (Å²) < 4.78 is 17.1. The molecular weight excluding hydrogens is 354 g/mol. The summed E-state index contributed by atoms with van der Waals surface area (Å²) in [6.45, 7) is 4.13. The monoisotopic (exact) mass is 381 g/mol. The SMILES string of the molecule is CC1c2cc3c(cc2C2(CCCC2)CN1C(=O)CCc1ccco1)OCCO3. The number of amides is 1. The van der Waals surface area contributed by atoms with Gasteiger partial charge in [0.2, 0.25) is 5.91 Å². The van der Waals surface area contributed by atoms with Crippen molar-refractivity contribution in [2.24, 2.45) is 0 Å². The fourth-order valence-electron chi connectivity index (χ4n) is 5.24. The first-order chi connectivity index (χ1) is 13.7. The highest BCUT2D eigenvalue weighted by Crippen LogP contribution is 2.52. The highest BCUT2D eigenvalue weighted by atomic mass is 16.6. The van der Waals surface area contributed by atoms with E-state index in [1.165, 1.54) is 24.0 Å². The molecule has 1 saturated carbocycles. The Labute approximate surface area is 165 Å². The van der Waals surface area contributed by atoms with E-state index in [2.05, 4.69) is 24.0 Å². The lowest BCUT2D eigenvalue weighted by Crippen LogP contribution is -2.48. The molecule has 1 unspecified atom stereocenters. The molecule has 0 N–H and O–H groups in total. The van der Waals surface area contributed by atoms with Gasteiger partial charge < -0.3 is 18.8 Å². The van der Waals surface area contributed by atoms with Crippen molar-refractivity contribution in [1.82, 2.24) is 4.90 Å². The number of aryl methyl sites for hydroxylation is 1. The minimum absolute atomic E-state index is 0.0427. The molecule has 1 spiro atoms. The largest absolute Gasteiger partial charge is 0.486 e. The number of ether oxygens (including phenoxy) is 2. The van der Waals surface area contributed by atoms with Crippen LogP contribution in [0.2, 0.25) is 0 Å². The van der Waals surface area contributed by atoms with Crippen LogP contribution in [0.1, 0.15) is 62.0 Å². The summed E-state index contributed by atoms with van der Waals surface area (Å²) in [5, 5.41) is 0. The van der Waals surface area contributed by atoms with Gasteiger partial charge in [-0.05, 0) is 55.2 Å². The van der Waals surface area contributed by atoms with Gasteiger partial charge in [-0.1, -0.05) is 12.8 Å². The first-order valence-corrected chi connectivity index (χ1v) is 10.4. The molecule has 1 aromatic heterocycles. The van der Waals surface area contributed by atoms with Crippen LogP contribution in [0.5, 0.6) is 11.5 Å². The summed E-state index contributed by atoms with van der Waals surface area (Å²) in [5.74, 6) is 2.75. The molecule has 1 aromatic carbocycles. The van der Waals surface area contributed by atoms with Crippen molar-refractivity contribution in [3.63, 3.8) is 0 Å². The van der Waals surface area contributed by atoms with Crippen molar-refractivity contribution in [3.8, 4) is 11.5 Å². The number of hydrogen-bond donors (Lipinski definition) is 0. The molecule has 148 valence electrons. The minimum atomic E-state index is 0.0427. The van der Waals surface area contributed by atoms with E-state index in [1.807, 2.05) is 12.1 Å². The van der Waals surface area contributed by atoms with Gasteiger partial charge in [0.05, 0.1) is 12.3 Å². The maximum absolute atomic E-state index is 13.2. The number of hydrogen-bond acceptors (Lipinski definition) is 4. The molecule has 1 atom stereocenters. The highest BCUT2D eigenvalue weighted by Gasteiger charge is 2.46. The van der Waals surface area contributed by atoms with E-state index < -0.39 is 0 Å². The summed E-state index contributed by atoms with van der Waals surface area (Å²) in [4.78, 5) is 15.3. The van der Waals surface area contributed by atoms with Gasteiger partial charge in [0.25, 0.3) is 0 Å². The smallest absolute Gasteiger partial charge is 0.223 e. The quantitative estimate of drug-likeness (QED) is 0.791. The predicted molar refractivity (Wildman–Crippen MR) is 105 cm³/mol. The fourth-order valence-corrected chi connectivity index (χ4v) is 5.24. The number of fused-ring (bicyclic) bond motifs is 3. The van der Waals surface area contributed by atoms with Gasteiger partial charge in [-0.15, -0.1) is 0 Å². The van der Waals surface area contributed by atoms with E-state index >= 15 is 0 Å². The second kappa shape index (κ2) is 6.87. The van der Waals surface area contributed by atoms with Gasteiger partial charge >= 0.3 is 0 Å². The fraction of sp³-hybridized carbons (Fsp3) is 0.522. The average molecular weight is 381 g/mol. The van der Waals surface area contributed by atoms with Crippen LogP contribution in [0.15, 0.2) is 34.9 Å². The first kappa shape index (κ1) is 17.7. The lowest BCUT2D eigenvalue weighted by Gasteiger charge is -2.46. The Balaban J connectivity index is 1.47. The zero-order valence-electron chi connectivity index (χ0n) is 16.4. The van der Waals surface area contributed by atoms with Crippen LogP contribution < -0.4 is 9.47 Å². The molecule has 5 nitrogen and oxygen atoms in total. The zero-order chi connectivity index (χ0) is 19.1. The van der Waals surface area contributed by atoms with Crippen LogP contribution in [0.25, 0.3) is 0 Å². The third kappa shape index (κ3) is 2.88. The molecule has 3 heterocycles. The maximum Gasteiger partial charge on any atom is 0.223 e. The Hall–Kier alpha value is -2.43.